The Balaban J connectivity index is 2.21. The van der Waals surface area contributed by atoms with E-state index in [1.54, 1.807) is 12.1 Å². The molecule has 3 aromatic rings. The summed E-state index contributed by atoms with van der Waals surface area (Å²) in [5.41, 5.74) is 0.0522. The molecule has 29 heavy (non-hydrogen) atoms. The molecule has 2 aromatic heterocycles. The van der Waals surface area contributed by atoms with Gasteiger partial charge in [0.2, 0.25) is 5.43 Å². The average Bonchev–Trinajstić information content (AvgIpc) is 2.67. The van der Waals surface area contributed by atoms with Gasteiger partial charge < -0.3 is 14.8 Å². The van der Waals surface area contributed by atoms with Gasteiger partial charge in [0.15, 0.2) is 0 Å². The van der Waals surface area contributed by atoms with Gasteiger partial charge >= 0.3 is 5.97 Å². The fraction of sp³-hybridized carbons (Fsp3) is 0.286. The van der Waals surface area contributed by atoms with Crippen LogP contribution >= 0.6 is 11.6 Å². The molecule has 2 N–H and O–H groups in total. The van der Waals surface area contributed by atoms with Crippen LogP contribution in [0.2, 0.25) is 5.02 Å². The number of rotatable bonds is 6. The Morgan fingerprint density at radius 1 is 1.34 bits per heavy atom. The highest BCUT2D eigenvalue weighted by molar-refractivity contribution is 6.30. The highest BCUT2D eigenvalue weighted by atomic mass is 35.5. The summed E-state index contributed by atoms with van der Waals surface area (Å²) in [5, 5.41) is 19.3. The Bertz CT molecular complexity index is 1140. The molecule has 1 atom stereocenters. The van der Waals surface area contributed by atoms with E-state index in [0.29, 0.717) is 11.1 Å². The minimum Gasteiger partial charge on any atom is -0.477 e. The summed E-state index contributed by atoms with van der Waals surface area (Å²) in [5.74, 6) is -1.95. The highest BCUT2D eigenvalue weighted by Crippen LogP contribution is 2.24. The van der Waals surface area contributed by atoms with Crippen molar-refractivity contribution in [3.05, 3.63) is 74.4 Å². The predicted molar refractivity (Wildman–Crippen MR) is 108 cm³/mol. The molecule has 0 aliphatic heterocycles. The molecule has 0 spiro atoms. The van der Waals surface area contributed by atoms with Gasteiger partial charge in [-0.05, 0) is 29.2 Å². The number of aliphatic hydroxyl groups excluding tert-OH is 1. The third-order valence-electron chi connectivity index (χ3n) is 4.90. The molecule has 0 saturated heterocycles. The number of carboxylic acids is 1. The molecule has 0 radical (unpaired) electrons. The molecule has 2 heterocycles. The van der Waals surface area contributed by atoms with Crippen molar-refractivity contribution in [3.63, 3.8) is 0 Å². The van der Waals surface area contributed by atoms with Crippen molar-refractivity contribution < 1.29 is 19.4 Å². The van der Waals surface area contributed by atoms with Crippen LogP contribution in [0, 0.1) is 11.7 Å². The number of benzene rings is 1. The fourth-order valence-corrected chi connectivity index (χ4v) is 3.50. The lowest BCUT2D eigenvalue weighted by molar-refractivity contribution is 0.0694. The zero-order valence-corrected chi connectivity index (χ0v) is 16.7. The van der Waals surface area contributed by atoms with Crippen molar-refractivity contribution in [2.24, 2.45) is 5.92 Å². The van der Waals surface area contributed by atoms with Crippen molar-refractivity contribution in [2.75, 3.05) is 6.61 Å². The van der Waals surface area contributed by atoms with Crippen LogP contribution in [0.25, 0.3) is 11.0 Å². The maximum atomic E-state index is 14.2. The van der Waals surface area contributed by atoms with Gasteiger partial charge in [0.05, 0.1) is 23.1 Å². The molecule has 0 saturated carbocycles. The lowest BCUT2D eigenvalue weighted by atomic mass is 10.0. The molecule has 0 aliphatic rings. The highest BCUT2D eigenvalue weighted by Gasteiger charge is 2.22. The average molecular weight is 419 g/mol. The van der Waals surface area contributed by atoms with Crippen LogP contribution in [0.1, 0.15) is 41.4 Å². The lowest BCUT2D eigenvalue weighted by Gasteiger charge is -2.24. The lowest BCUT2D eigenvalue weighted by Crippen LogP contribution is -2.26. The van der Waals surface area contributed by atoms with E-state index in [1.807, 2.05) is 13.8 Å². The number of fused-ring (bicyclic) bond motifs is 1. The van der Waals surface area contributed by atoms with Gasteiger partial charge in [0.1, 0.15) is 17.0 Å². The first-order valence-corrected chi connectivity index (χ1v) is 9.43. The second kappa shape index (κ2) is 8.31. The first-order chi connectivity index (χ1) is 13.7. The van der Waals surface area contributed by atoms with Crippen molar-refractivity contribution >= 4 is 28.6 Å². The van der Waals surface area contributed by atoms with Crippen LogP contribution in [0.15, 0.2) is 41.5 Å². The summed E-state index contributed by atoms with van der Waals surface area (Å²) in [6.07, 6.45) is 2.87. The van der Waals surface area contributed by atoms with Gasteiger partial charge in [-0.2, -0.15) is 0 Å². The Kier molecular flexibility index (Phi) is 6.00. The number of nitrogens with zero attached hydrogens (tertiary/aromatic N) is 2. The van der Waals surface area contributed by atoms with E-state index >= 15 is 0 Å². The molecule has 152 valence electrons. The minimum absolute atomic E-state index is 0.00510. The number of carbonyl (C=O) groups is 1. The van der Waals surface area contributed by atoms with Crippen LogP contribution in [-0.4, -0.2) is 32.3 Å². The number of pyridine rings is 2. The van der Waals surface area contributed by atoms with Crippen LogP contribution in [0.3, 0.4) is 0 Å². The number of aromatic carboxylic acids is 1. The summed E-state index contributed by atoms with van der Waals surface area (Å²) in [4.78, 5) is 28.7. The van der Waals surface area contributed by atoms with Gasteiger partial charge in [-0.25, -0.2) is 14.2 Å². The molecule has 3 rings (SSSR count). The molecule has 0 aliphatic carbocycles. The molecule has 1 aromatic carbocycles. The summed E-state index contributed by atoms with van der Waals surface area (Å²) in [6, 6.07) is 5.71. The van der Waals surface area contributed by atoms with Crippen LogP contribution in [0.5, 0.6) is 0 Å². The summed E-state index contributed by atoms with van der Waals surface area (Å²) in [6.45, 7) is 3.51. The van der Waals surface area contributed by atoms with E-state index in [2.05, 4.69) is 4.98 Å². The summed E-state index contributed by atoms with van der Waals surface area (Å²) in [7, 11) is 0. The third-order valence-corrected chi connectivity index (χ3v) is 5.19. The molecule has 0 fully saturated rings. The van der Waals surface area contributed by atoms with Gasteiger partial charge in [-0.15, -0.1) is 0 Å². The molecular formula is C21H20ClFN2O4. The van der Waals surface area contributed by atoms with E-state index in [4.69, 9.17) is 11.6 Å². The largest absolute Gasteiger partial charge is 0.477 e. The van der Waals surface area contributed by atoms with Crippen molar-refractivity contribution in [1.29, 1.82) is 0 Å². The summed E-state index contributed by atoms with van der Waals surface area (Å²) >= 11 is 5.82. The molecule has 6 nitrogen and oxygen atoms in total. The quantitative estimate of drug-likeness (QED) is 0.637. The fourth-order valence-electron chi connectivity index (χ4n) is 3.30. The zero-order valence-electron chi connectivity index (χ0n) is 15.9. The smallest absolute Gasteiger partial charge is 0.341 e. The second-order valence-corrected chi connectivity index (χ2v) is 7.59. The van der Waals surface area contributed by atoms with Crippen molar-refractivity contribution in [3.8, 4) is 0 Å². The molecule has 0 bridgehead atoms. The molecule has 8 heteroatoms. The number of hydrogen-bond acceptors (Lipinski definition) is 4. The Morgan fingerprint density at radius 2 is 2.07 bits per heavy atom. The van der Waals surface area contributed by atoms with Gasteiger partial charge in [-0.1, -0.05) is 37.6 Å². The SMILES string of the molecule is CC(C)[C@@H](CO)n1cc(C(=O)O)c(=O)c2cc(Cc3cccc(Cl)c3F)cnc21. The number of carboxylic acid groups (broad SMARTS) is 1. The monoisotopic (exact) mass is 418 g/mol. The van der Waals surface area contributed by atoms with Crippen LogP contribution < -0.4 is 5.43 Å². The first-order valence-electron chi connectivity index (χ1n) is 9.05. The standard InChI is InChI=1S/C21H20ClFN2O4/c1-11(2)17(10-26)25-9-15(21(28)29)19(27)14-7-12(8-24-20(14)25)6-13-4-3-5-16(22)18(13)23/h3-5,7-9,11,17,26H,6,10H2,1-2H3,(H,28,29)/t17-/m1/s1. The number of aromatic nitrogens is 2. The molecular weight excluding hydrogens is 399 g/mol. The Labute approximate surface area is 171 Å². The van der Waals surface area contributed by atoms with E-state index in [-0.39, 0.29) is 35.0 Å². The van der Waals surface area contributed by atoms with Gasteiger partial charge in [0, 0.05) is 18.8 Å². The predicted octanol–water partition coefficient (Wildman–Crippen LogP) is 3.67. The maximum absolute atomic E-state index is 14.2. The van der Waals surface area contributed by atoms with Gasteiger partial charge in [0.25, 0.3) is 0 Å². The zero-order chi connectivity index (χ0) is 21.3. The molecule has 0 unspecified atom stereocenters. The number of aliphatic hydroxyl groups is 1. The number of hydrogen-bond donors (Lipinski definition) is 2. The van der Waals surface area contributed by atoms with E-state index in [9.17, 15) is 24.2 Å². The normalized spacial score (nSPS) is 12.5. The van der Waals surface area contributed by atoms with E-state index in [0.717, 1.165) is 0 Å². The van der Waals surface area contributed by atoms with Crippen molar-refractivity contribution in [1.82, 2.24) is 9.55 Å². The Morgan fingerprint density at radius 3 is 2.69 bits per heavy atom. The topological polar surface area (TPSA) is 92.4 Å². The van der Waals surface area contributed by atoms with E-state index in [1.165, 1.54) is 29.1 Å². The van der Waals surface area contributed by atoms with E-state index < -0.39 is 28.8 Å². The van der Waals surface area contributed by atoms with Crippen LogP contribution in [-0.2, 0) is 6.42 Å². The maximum Gasteiger partial charge on any atom is 0.341 e. The third kappa shape index (κ3) is 4.02. The van der Waals surface area contributed by atoms with Crippen LogP contribution in [0.4, 0.5) is 4.39 Å². The molecule has 0 amide bonds. The Hall–Kier alpha value is -2.77. The number of halogens is 2. The minimum atomic E-state index is -1.36. The second-order valence-electron chi connectivity index (χ2n) is 7.18. The van der Waals surface area contributed by atoms with Crippen molar-refractivity contribution in [2.45, 2.75) is 26.3 Å². The summed E-state index contributed by atoms with van der Waals surface area (Å²) < 4.78 is 15.8. The van der Waals surface area contributed by atoms with Gasteiger partial charge in [-0.3, -0.25) is 4.79 Å². The first kappa shape index (κ1) is 21.0.